The number of aromatic nitrogens is 5. The van der Waals surface area contributed by atoms with Crippen molar-refractivity contribution in [1.29, 1.82) is 0 Å². The van der Waals surface area contributed by atoms with Crippen LogP contribution in [0.1, 0.15) is 6.42 Å². The van der Waals surface area contributed by atoms with Gasteiger partial charge >= 0.3 is 0 Å². The molecule has 4 aromatic rings. The lowest BCUT2D eigenvalue weighted by Gasteiger charge is -2.24. The van der Waals surface area contributed by atoms with E-state index >= 15 is 0 Å². The molecule has 0 saturated carbocycles. The van der Waals surface area contributed by atoms with Gasteiger partial charge in [0.15, 0.2) is 5.13 Å². The van der Waals surface area contributed by atoms with Crippen LogP contribution in [0.3, 0.4) is 0 Å². The van der Waals surface area contributed by atoms with Crippen LogP contribution in [0.25, 0.3) is 21.6 Å². The normalized spacial score (nSPS) is 17.1. The van der Waals surface area contributed by atoms with E-state index in [1.807, 2.05) is 29.6 Å². The third-order valence-corrected chi connectivity index (χ3v) is 7.46. The number of carbonyl (C=O) groups is 2. The number of imidazole rings is 1. The van der Waals surface area contributed by atoms with Gasteiger partial charge in [-0.1, -0.05) is 17.4 Å². The lowest BCUT2D eigenvalue weighted by atomic mass is 10.1. The van der Waals surface area contributed by atoms with E-state index in [2.05, 4.69) is 30.6 Å². The maximum absolute atomic E-state index is 14.1. The summed E-state index contributed by atoms with van der Waals surface area (Å²) in [7, 11) is 3.79. The molecule has 41 heavy (non-hydrogen) atoms. The Balaban J connectivity index is 1.21. The zero-order valence-electron chi connectivity index (χ0n) is 22.6. The third-order valence-electron chi connectivity index (χ3n) is 6.54. The van der Waals surface area contributed by atoms with Gasteiger partial charge in [-0.3, -0.25) is 14.6 Å². The maximum atomic E-state index is 14.1. The highest BCUT2D eigenvalue weighted by atomic mass is 32.1. The molecule has 0 bridgehead atoms. The topological polar surface area (TPSA) is 141 Å². The highest BCUT2D eigenvalue weighted by Gasteiger charge is 2.40. The molecule has 5 rings (SSSR count). The molecule has 4 aromatic heterocycles. The Morgan fingerprint density at radius 2 is 2.10 bits per heavy atom. The fourth-order valence-corrected chi connectivity index (χ4v) is 5.35. The molecular formula is C27H30FN9O3S. The second-order valence-corrected chi connectivity index (χ2v) is 10.8. The lowest BCUT2D eigenvalue weighted by Crippen LogP contribution is -2.50. The molecule has 0 radical (unpaired) electrons. The quantitative estimate of drug-likeness (QED) is 0.241. The van der Waals surface area contributed by atoms with Crippen LogP contribution in [0.5, 0.6) is 0 Å². The molecule has 0 unspecified atom stereocenters. The molecule has 3 N–H and O–H groups in total. The van der Waals surface area contributed by atoms with Gasteiger partial charge in [-0.05, 0) is 32.6 Å². The molecule has 5 heterocycles. The van der Waals surface area contributed by atoms with E-state index in [0.717, 1.165) is 5.52 Å². The second-order valence-electron chi connectivity index (χ2n) is 9.77. The number of aliphatic hydroxyl groups excluding tert-OH is 1. The molecule has 1 fully saturated rings. The van der Waals surface area contributed by atoms with Crippen LogP contribution >= 0.6 is 11.3 Å². The van der Waals surface area contributed by atoms with Crippen LogP contribution in [-0.4, -0.2) is 97.1 Å². The van der Waals surface area contributed by atoms with Crippen molar-refractivity contribution in [3.05, 3.63) is 61.1 Å². The van der Waals surface area contributed by atoms with Crippen molar-refractivity contribution in [2.75, 3.05) is 39.0 Å². The van der Waals surface area contributed by atoms with Gasteiger partial charge in [-0.25, -0.2) is 19.3 Å². The molecule has 1 saturated heterocycles. The van der Waals surface area contributed by atoms with Gasteiger partial charge in [0.2, 0.25) is 11.8 Å². The number of anilines is 2. The number of halogens is 1. The van der Waals surface area contributed by atoms with Crippen molar-refractivity contribution in [3.8, 4) is 10.6 Å². The van der Waals surface area contributed by atoms with Gasteiger partial charge in [-0.2, -0.15) is 0 Å². The third kappa shape index (κ3) is 6.56. The van der Waals surface area contributed by atoms with Crippen LogP contribution in [-0.2, 0) is 16.1 Å². The van der Waals surface area contributed by atoms with E-state index in [4.69, 9.17) is 0 Å². The van der Waals surface area contributed by atoms with Gasteiger partial charge < -0.3 is 30.1 Å². The zero-order valence-corrected chi connectivity index (χ0v) is 23.4. The van der Waals surface area contributed by atoms with Crippen molar-refractivity contribution < 1.29 is 19.1 Å². The summed E-state index contributed by atoms with van der Waals surface area (Å²) >= 11 is 1.25. The average Bonchev–Trinajstić information content (AvgIpc) is 3.67. The first-order valence-electron chi connectivity index (χ1n) is 13.0. The minimum absolute atomic E-state index is 0.236. The number of nitrogens with zero attached hydrogens (tertiary/aromatic N) is 7. The molecule has 214 valence electrons. The number of likely N-dealkylation sites (tertiary alicyclic amines) is 1. The van der Waals surface area contributed by atoms with E-state index in [1.54, 1.807) is 24.8 Å². The number of hydrogen-bond donors (Lipinski definition) is 3. The Morgan fingerprint density at radius 1 is 1.24 bits per heavy atom. The highest BCUT2D eigenvalue weighted by molar-refractivity contribution is 7.18. The van der Waals surface area contributed by atoms with Gasteiger partial charge in [0.1, 0.15) is 28.9 Å². The molecule has 1 aliphatic rings. The average molecular weight is 580 g/mol. The summed E-state index contributed by atoms with van der Waals surface area (Å²) in [6.07, 6.45) is 8.97. The number of carbonyl (C=O) groups excluding carboxylic acids is 2. The first-order valence-corrected chi connectivity index (χ1v) is 13.8. The van der Waals surface area contributed by atoms with Gasteiger partial charge in [-0.15, -0.1) is 0 Å². The Hall–Kier alpha value is -4.27. The van der Waals surface area contributed by atoms with E-state index in [0.29, 0.717) is 47.4 Å². The summed E-state index contributed by atoms with van der Waals surface area (Å²) in [5, 5.41) is 16.9. The standard InChI is InChI=1S/C27H30FN9O3S/c1-35(2)10-4-6-23(39)37-11-7-20(38)25(37)26(40)30-9-12-36-16-33-18-14-31-22(13-19(18)36)34-27-32-15-21(41-27)24-17(28)5-3-8-29-24/h3-6,8,13-16,20,25,38H,7,9-12H2,1-2H3,(H,30,40)(H,31,32,34)/b6-4+/t20-,25-/m0/s1. The number of rotatable bonds is 10. The number of thiazole rings is 1. The minimum Gasteiger partial charge on any atom is -0.390 e. The monoisotopic (exact) mass is 579 g/mol. The molecule has 0 aromatic carbocycles. The summed E-state index contributed by atoms with van der Waals surface area (Å²) in [5.41, 5.74) is 1.69. The van der Waals surface area contributed by atoms with Crippen LogP contribution in [0.15, 0.2) is 55.3 Å². The van der Waals surface area contributed by atoms with Crippen LogP contribution in [0.2, 0.25) is 0 Å². The Labute approximate surface area is 239 Å². The van der Waals surface area contributed by atoms with Crippen molar-refractivity contribution in [2.45, 2.75) is 25.1 Å². The smallest absolute Gasteiger partial charge is 0.247 e. The summed E-state index contributed by atoms with van der Waals surface area (Å²) in [5.74, 6) is -0.594. The Bertz CT molecular complexity index is 1570. The summed E-state index contributed by atoms with van der Waals surface area (Å²) in [4.78, 5) is 46.7. The highest BCUT2D eigenvalue weighted by Crippen LogP contribution is 2.31. The van der Waals surface area contributed by atoms with E-state index < -0.39 is 23.9 Å². The van der Waals surface area contributed by atoms with Gasteiger partial charge in [0.25, 0.3) is 0 Å². The molecule has 0 spiro atoms. The van der Waals surface area contributed by atoms with Gasteiger partial charge in [0.05, 0.1) is 29.0 Å². The summed E-state index contributed by atoms with van der Waals surface area (Å²) in [6, 6.07) is 3.76. The Morgan fingerprint density at radius 3 is 2.90 bits per heavy atom. The van der Waals surface area contributed by atoms with E-state index in [-0.39, 0.29) is 18.1 Å². The Kier molecular flexibility index (Phi) is 8.61. The van der Waals surface area contributed by atoms with Crippen LogP contribution in [0, 0.1) is 5.82 Å². The van der Waals surface area contributed by atoms with Crippen molar-refractivity contribution in [2.24, 2.45) is 0 Å². The number of hydrogen-bond acceptors (Lipinski definition) is 10. The maximum Gasteiger partial charge on any atom is 0.247 e. The predicted molar refractivity (Wildman–Crippen MR) is 153 cm³/mol. The number of likely N-dealkylation sites (N-methyl/N-ethyl adjacent to an activating group) is 1. The second kappa shape index (κ2) is 12.5. The van der Waals surface area contributed by atoms with Crippen molar-refractivity contribution in [3.63, 3.8) is 0 Å². The minimum atomic E-state index is -0.936. The van der Waals surface area contributed by atoms with Crippen molar-refractivity contribution >= 4 is 45.1 Å². The SMILES string of the molecule is CN(C)C/C=C/C(=O)N1CC[C@H](O)[C@H]1C(=O)NCCn1cnc2cnc(Nc3ncc(-c4ncccc4F)s3)cc21. The fraction of sp³-hybridized carbons (Fsp3) is 0.333. The molecule has 12 nitrogen and oxygen atoms in total. The molecular weight excluding hydrogens is 549 g/mol. The summed E-state index contributed by atoms with van der Waals surface area (Å²) in [6.45, 7) is 1.59. The first kappa shape index (κ1) is 28.3. The number of amides is 2. The van der Waals surface area contributed by atoms with E-state index in [9.17, 15) is 19.1 Å². The summed E-state index contributed by atoms with van der Waals surface area (Å²) < 4.78 is 16.0. The number of aliphatic hydroxyl groups is 1. The lowest BCUT2D eigenvalue weighted by molar-refractivity contribution is -0.137. The largest absolute Gasteiger partial charge is 0.390 e. The predicted octanol–water partition coefficient (Wildman–Crippen LogP) is 2.03. The van der Waals surface area contributed by atoms with Crippen molar-refractivity contribution in [1.82, 2.24) is 39.6 Å². The number of nitrogens with one attached hydrogen (secondary N) is 2. The van der Waals surface area contributed by atoms with Crippen LogP contribution in [0.4, 0.5) is 15.3 Å². The number of fused-ring (bicyclic) bond motifs is 1. The first-order chi connectivity index (χ1) is 19.8. The molecule has 2 amide bonds. The molecule has 0 aliphatic carbocycles. The van der Waals surface area contributed by atoms with Gasteiger partial charge in [0, 0.05) is 50.7 Å². The zero-order chi connectivity index (χ0) is 28.9. The molecule has 14 heteroatoms. The fourth-order valence-electron chi connectivity index (χ4n) is 4.53. The molecule has 2 atom stereocenters. The van der Waals surface area contributed by atoms with E-state index in [1.165, 1.54) is 40.6 Å². The van der Waals surface area contributed by atoms with Crippen LogP contribution < -0.4 is 10.6 Å². The molecule has 1 aliphatic heterocycles. The number of pyridine rings is 2.